The molecule has 0 radical (unpaired) electrons. The normalized spacial score (nSPS) is 11.2. The molecule has 0 spiro atoms. The van der Waals surface area contributed by atoms with Gasteiger partial charge >= 0.3 is 0 Å². The number of anilines is 1. The van der Waals surface area contributed by atoms with Crippen LogP contribution in [0.2, 0.25) is 0 Å². The van der Waals surface area contributed by atoms with Gasteiger partial charge in [0.2, 0.25) is 11.7 Å². The van der Waals surface area contributed by atoms with E-state index < -0.39 is 0 Å². The summed E-state index contributed by atoms with van der Waals surface area (Å²) < 4.78 is 1.94. The molecule has 5 heteroatoms. The quantitative estimate of drug-likeness (QED) is 0.754. The predicted molar refractivity (Wildman–Crippen MR) is 86.6 cm³/mol. The lowest BCUT2D eigenvalue weighted by atomic mass is 10.1. The number of allylic oxidation sites excluding steroid dienone is 1. The maximum absolute atomic E-state index is 11.6. The lowest BCUT2D eigenvalue weighted by Crippen LogP contribution is -2.07. The molecule has 22 heavy (non-hydrogen) atoms. The Morgan fingerprint density at radius 2 is 2.18 bits per heavy atom. The molecule has 0 aliphatic carbocycles. The first-order chi connectivity index (χ1) is 10.7. The third-order valence-corrected chi connectivity index (χ3v) is 3.36. The number of nitrogens with zero attached hydrogens (tertiary/aromatic N) is 3. The van der Waals surface area contributed by atoms with Crippen molar-refractivity contribution in [1.82, 2.24) is 14.4 Å². The van der Waals surface area contributed by atoms with Gasteiger partial charge in [-0.05, 0) is 38.1 Å². The van der Waals surface area contributed by atoms with Crippen LogP contribution in [-0.4, -0.2) is 20.3 Å². The van der Waals surface area contributed by atoms with Gasteiger partial charge in [0.15, 0.2) is 0 Å². The minimum Gasteiger partial charge on any atom is -0.323 e. The molecule has 0 aliphatic heterocycles. The first-order valence-electron chi connectivity index (χ1n) is 7.03. The number of imidazole rings is 1. The van der Waals surface area contributed by atoms with Crippen LogP contribution in [-0.2, 0) is 4.79 Å². The maximum atomic E-state index is 11.6. The standard InChI is InChI=1S/C17H16N4O/c1-3-6-15(22)19-14-8-4-7-13(11-14)16-12(2)21-10-5-9-18-17(21)20-16/h3-11H,1-2H3,(H,19,22)/b6-3-. The van der Waals surface area contributed by atoms with Gasteiger partial charge in [-0.25, -0.2) is 9.97 Å². The van der Waals surface area contributed by atoms with Gasteiger partial charge in [0.25, 0.3) is 0 Å². The molecule has 2 aromatic heterocycles. The van der Waals surface area contributed by atoms with Crippen LogP contribution in [0.25, 0.3) is 17.0 Å². The SMILES string of the molecule is C/C=C\C(=O)Nc1cccc(-c2nc3ncccn3c2C)c1. The minimum atomic E-state index is -0.145. The number of amides is 1. The summed E-state index contributed by atoms with van der Waals surface area (Å²) in [4.78, 5) is 20.5. The maximum Gasteiger partial charge on any atom is 0.248 e. The van der Waals surface area contributed by atoms with E-state index in [2.05, 4.69) is 15.3 Å². The van der Waals surface area contributed by atoms with Gasteiger partial charge in [-0.1, -0.05) is 18.2 Å². The number of rotatable bonds is 3. The highest BCUT2D eigenvalue weighted by molar-refractivity contribution is 5.99. The van der Waals surface area contributed by atoms with E-state index in [4.69, 9.17) is 0 Å². The molecule has 0 saturated heterocycles. The van der Waals surface area contributed by atoms with Crippen molar-refractivity contribution < 1.29 is 4.79 Å². The van der Waals surface area contributed by atoms with Crippen LogP contribution in [0.1, 0.15) is 12.6 Å². The summed E-state index contributed by atoms with van der Waals surface area (Å²) in [6.07, 6.45) is 6.86. The molecule has 5 nitrogen and oxygen atoms in total. The van der Waals surface area contributed by atoms with E-state index in [1.54, 1.807) is 12.3 Å². The molecule has 3 rings (SSSR count). The Hall–Kier alpha value is -2.95. The number of fused-ring (bicyclic) bond motifs is 1. The van der Waals surface area contributed by atoms with E-state index in [0.717, 1.165) is 22.6 Å². The Morgan fingerprint density at radius 3 is 2.95 bits per heavy atom. The first kappa shape index (κ1) is 14.0. The number of hydrogen-bond acceptors (Lipinski definition) is 3. The van der Waals surface area contributed by atoms with Crippen molar-refractivity contribution >= 4 is 17.4 Å². The second-order valence-electron chi connectivity index (χ2n) is 4.91. The molecule has 110 valence electrons. The molecule has 0 atom stereocenters. The number of aromatic nitrogens is 3. The van der Waals surface area contributed by atoms with E-state index in [-0.39, 0.29) is 5.91 Å². The Labute approximate surface area is 128 Å². The van der Waals surface area contributed by atoms with E-state index in [9.17, 15) is 4.79 Å². The van der Waals surface area contributed by atoms with Crippen LogP contribution < -0.4 is 5.32 Å². The molecular formula is C17H16N4O. The molecule has 1 amide bonds. The fraction of sp³-hybridized carbons (Fsp3) is 0.118. The molecule has 2 heterocycles. The third kappa shape index (κ3) is 2.61. The lowest BCUT2D eigenvalue weighted by molar-refractivity contribution is -0.111. The zero-order valence-corrected chi connectivity index (χ0v) is 12.4. The number of carbonyl (C=O) groups is 1. The van der Waals surface area contributed by atoms with E-state index >= 15 is 0 Å². The van der Waals surface area contributed by atoms with Gasteiger partial charge in [0.1, 0.15) is 0 Å². The largest absolute Gasteiger partial charge is 0.323 e. The third-order valence-electron chi connectivity index (χ3n) is 3.36. The lowest BCUT2D eigenvalue weighted by Gasteiger charge is -2.05. The summed E-state index contributed by atoms with van der Waals surface area (Å²) in [7, 11) is 0. The highest BCUT2D eigenvalue weighted by Crippen LogP contribution is 2.25. The molecule has 0 saturated carbocycles. The van der Waals surface area contributed by atoms with Crippen molar-refractivity contribution in [3.8, 4) is 11.3 Å². The zero-order valence-electron chi connectivity index (χ0n) is 12.4. The number of aryl methyl sites for hydroxylation is 1. The van der Waals surface area contributed by atoms with Gasteiger partial charge in [-0.2, -0.15) is 0 Å². The summed E-state index contributed by atoms with van der Waals surface area (Å²) in [5.74, 6) is 0.520. The minimum absolute atomic E-state index is 0.145. The highest BCUT2D eigenvalue weighted by atomic mass is 16.1. The molecular weight excluding hydrogens is 276 g/mol. The Balaban J connectivity index is 2.00. The number of hydrogen-bond donors (Lipinski definition) is 1. The Kier molecular flexibility index (Phi) is 3.70. The number of carbonyl (C=O) groups excluding carboxylic acids is 1. The van der Waals surface area contributed by atoms with Gasteiger partial charge in [-0.15, -0.1) is 0 Å². The average molecular weight is 292 g/mol. The van der Waals surface area contributed by atoms with E-state index in [1.165, 1.54) is 6.08 Å². The summed E-state index contributed by atoms with van der Waals surface area (Å²) in [5.41, 5.74) is 3.56. The molecule has 3 aromatic rings. The van der Waals surface area contributed by atoms with Crippen molar-refractivity contribution in [2.24, 2.45) is 0 Å². The van der Waals surface area contributed by atoms with Crippen LogP contribution >= 0.6 is 0 Å². The van der Waals surface area contributed by atoms with Gasteiger partial charge in [-0.3, -0.25) is 9.20 Å². The van der Waals surface area contributed by atoms with Crippen molar-refractivity contribution in [3.63, 3.8) is 0 Å². The van der Waals surface area contributed by atoms with Crippen LogP contribution in [0.4, 0.5) is 5.69 Å². The smallest absolute Gasteiger partial charge is 0.248 e. The molecule has 1 aromatic carbocycles. The van der Waals surface area contributed by atoms with Gasteiger partial charge < -0.3 is 5.32 Å². The first-order valence-corrected chi connectivity index (χ1v) is 7.03. The summed E-state index contributed by atoms with van der Waals surface area (Å²) in [6, 6.07) is 9.52. The molecule has 0 aliphatic rings. The molecule has 0 fully saturated rings. The Morgan fingerprint density at radius 1 is 1.32 bits per heavy atom. The van der Waals surface area contributed by atoms with E-state index in [1.807, 2.05) is 54.8 Å². The summed E-state index contributed by atoms with van der Waals surface area (Å²) in [5, 5.41) is 2.83. The van der Waals surface area contributed by atoms with Crippen LogP contribution in [0, 0.1) is 6.92 Å². The van der Waals surface area contributed by atoms with Crippen LogP contribution in [0.5, 0.6) is 0 Å². The average Bonchev–Trinajstić information content (AvgIpc) is 2.85. The molecule has 1 N–H and O–H groups in total. The fourth-order valence-corrected chi connectivity index (χ4v) is 2.36. The zero-order chi connectivity index (χ0) is 15.5. The second-order valence-corrected chi connectivity index (χ2v) is 4.91. The highest BCUT2D eigenvalue weighted by Gasteiger charge is 2.11. The molecule has 0 unspecified atom stereocenters. The van der Waals surface area contributed by atoms with Crippen molar-refractivity contribution in [2.45, 2.75) is 13.8 Å². The monoisotopic (exact) mass is 292 g/mol. The van der Waals surface area contributed by atoms with Crippen molar-refractivity contribution in [3.05, 3.63) is 60.6 Å². The molecule has 0 bridgehead atoms. The number of benzene rings is 1. The van der Waals surface area contributed by atoms with Crippen molar-refractivity contribution in [1.29, 1.82) is 0 Å². The fourth-order valence-electron chi connectivity index (χ4n) is 2.36. The number of nitrogens with one attached hydrogen (secondary N) is 1. The predicted octanol–water partition coefficient (Wildman–Crippen LogP) is 3.22. The summed E-state index contributed by atoms with van der Waals surface area (Å²) in [6.45, 7) is 3.81. The Bertz CT molecular complexity index is 864. The van der Waals surface area contributed by atoms with Crippen LogP contribution in [0.15, 0.2) is 54.9 Å². The summed E-state index contributed by atoms with van der Waals surface area (Å²) >= 11 is 0. The topological polar surface area (TPSA) is 59.3 Å². The van der Waals surface area contributed by atoms with E-state index in [0.29, 0.717) is 5.78 Å². The van der Waals surface area contributed by atoms with Crippen molar-refractivity contribution in [2.75, 3.05) is 5.32 Å². The van der Waals surface area contributed by atoms with Gasteiger partial charge in [0, 0.05) is 29.3 Å². The van der Waals surface area contributed by atoms with Crippen LogP contribution in [0.3, 0.4) is 0 Å². The second kappa shape index (κ2) is 5.81. The van der Waals surface area contributed by atoms with Gasteiger partial charge in [0.05, 0.1) is 5.69 Å².